The van der Waals surface area contributed by atoms with Gasteiger partial charge in [0.1, 0.15) is 7.14 Å². The second-order valence-corrected chi connectivity index (χ2v) is 23.3. The van der Waals surface area contributed by atoms with Crippen LogP contribution in [0.5, 0.6) is 23.0 Å². The van der Waals surface area contributed by atoms with Crippen molar-refractivity contribution >= 4 is 108 Å². The number of esters is 3. The lowest BCUT2D eigenvalue weighted by molar-refractivity contribution is -0.135. The van der Waals surface area contributed by atoms with Gasteiger partial charge in [-0.3, -0.25) is 9.59 Å². The fourth-order valence-electron chi connectivity index (χ4n) is 9.55. The van der Waals surface area contributed by atoms with Gasteiger partial charge in [0.15, 0.2) is 28.6 Å². The highest BCUT2D eigenvalue weighted by atomic mass is 127. The van der Waals surface area contributed by atoms with E-state index >= 15 is 0 Å². The van der Waals surface area contributed by atoms with Crippen molar-refractivity contribution in [3.05, 3.63) is 72.9 Å². The summed E-state index contributed by atoms with van der Waals surface area (Å²) >= 11 is 8.78. The zero-order valence-electron chi connectivity index (χ0n) is 40.5. The average Bonchev–Trinajstić information content (AvgIpc) is 3.61. The third-order valence-corrected chi connectivity index (χ3v) is 17.0. The zero-order valence-corrected chi connectivity index (χ0v) is 49.1. The van der Waals surface area contributed by atoms with Gasteiger partial charge in [-0.2, -0.15) is 0 Å². The highest BCUT2D eigenvalue weighted by Gasteiger charge is 2.55. The zero-order chi connectivity index (χ0) is 47.9. The number of carbonyl (C=O) groups is 3. The first-order valence-electron chi connectivity index (χ1n) is 26.1. The highest BCUT2D eigenvalue weighted by Crippen LogP contribution is 2.60. The molecule has 0 unspecified atom stereocenters. The smallest absolute Gasteiger partial charge is 0.340 e. The lowest BCUT2D eigenvalue weighted by atomic mass is 9.77. The van der Waals surface area contributed by atoms with E-state index in [9.17, 15) is 14.4 Å². The molecular formula is C56H76I4O7. The number of benzene rings is 3. The van der Waals surface area contributed by atoms with E-state index in [0.29, 0.717) is 72.4 Å². The van der Waals surface area contributed by atoms with Crippen LogP contribution in [0.1, 0.15) is 246 Å². The molecule has 0 bridgehead atoms. The fraction of sp³-hybridized carbons (Fsp3) is 0.625. The Labute approximate surface area is 457 Å². The van der Waals surface area contributed by atoms with E-state index < -0.39 is 11.6 Å². The molecule has 0 radical (unpaired) electrons. The van der Waals surface area contributed by atoms with Gasteiger partial charge in [-0.1, -0.05) is 212 Å². The minimum Gasteiger partial charge on any atom is -0.454 e. The van der Waals surface area contributed by atoms with Crippen LogP contribution in [0.25, 0.3) is 0 Å². The minimum atomic E-state index is -1.33. The first kappa shape index (κ1) is 56.7. The molecule has 3 aromatic carbocycles. The summed E-state index contributed by atoms with van der Waals surface area (Å²) in [6, 6.07) is 11.3. The van der Waals surface area contributed by atoms with Gasteiger partial charge in [0.25, 0.3) is 0 Å². The van der Waals surface area contributed by atoms with Crippen LogP contribution < -0.4 is 14.2 Å². The SMILES string of the molecule is CCCCCCCCCCCCCCCCCC(=O)Oc1c(I)cc2c(c1I)Oc1c(cc(I)c(OC(=O)CCCCCCCCCCCCCCCCC)c1I)C21OC(=O)c2ccccc21. The average molecular weight is 1370 g/mol. The Morgan fingerprint density at radius 1 is 0.478 bits per heavy atom. The maximum Gasteiger partial charge on any atom is 0.340 e. The molecular weight excluding hydrogens is 1290 g/mol. The van der Waals surface area contributed by atoms with Crippen LogP contribution in [0.15, 0.2) is 36.4 Å². The lowest BCUT2D eigenvalue weighted by Gasteiger charge is -2.38. The van der Waals surface area contributed by atoms with Crippen molar-refractivity contribution in [3.8, 4) is 23.0 Å². The molecule has 370 valence electrons. The van der Waals surface area contributed by atoms with E-state index in [-0.39, 0.29) is 11.9 Å². The molecule has 11 heteroatoms. The van der Waals surface area contributed by atoms with Gasteiger partial charge in [-0.25, -0.2) is 4.79 Å². The molecule has 0 fully saturated rings. The van der Waals surface area contributed by atoms with E-state index in [2.05, 4.69) is 104 Å². The summed E-state index contributed by atoms with van der Waals surface area (Å²) in [4.78, 5) is 40.4. The molecule has 2 heterocycles. The van der Waals surface area contributed by atoms with E-state index in [1.54, 1.807) is 6.07 Å². The molecule has 7 nitrogen and oxygen atoms in total. The summed E-state index contributed by atoms with van der Waals surface area (Å²) in [6.45, 7) is 4.54. The van der Waals surface area contributed by atoms with Crippen LogP contribution in [0.4, 0.5) is 0 Å². The molecule has 0 saturated heterocycles. The van der Waals surface area contributed by atoms with Gasteiger partial charge in [-0.15, -0.1) is 0 Å². The number of unbranched alkanes of at least 4 members (excludes halogenated alkanes) is 28. The van der Waals surface area contributed by atoms with Gasteiger partial charge in [-0.05, 0) is 121 Å². The first-order valence-corrected chi connectivity index (χ1v) is 30.4. The number of ether oxygens (including phenoxy) is 4. The van der Waals surface area contributed by atoms with Gasteiger partial charge in [0, 0.05) is 18.4 Å². The van der Waals surface area contributed by atoms with Crippen molar-refractivity contribution in [2.24, 2.45) is 0 Å². The molecule has 5 rings (SSSR count). The van der Waals surface area contributed by atoms with Crippen molar-refractivity contribution in [2.45, 2.75) is 225 Å². The topological polar surface area (TPSA) is 88.1 Å². The maximum atomic E-state index is 13.7. The van der Waals surface area contributed by atoms with E-state index in [0.717, 1.165) is 38.5 Å². The van der Waals surface area contributed by atoms with Crippen LogP contribution >= 0.6 is 90.4 Å². The second-order valence-electron chi connectivity index (χ2n) is 18.8. The Morgan fingerprint density at radius 2 is 0.806 bits per heavy atom. The molecule has 2 aliphatic heterocycles. The molecule has 0 atom stereocenters. The Morgan fingerprint density at radius 3 is 1.16 bits per heavy atom. The maximum absolute atomic E-state index is 13.7. The Bertz CT molecular complexity index is 1920. The standard InChI is InChI=1S/C56H76I4O7/c1-3-5-7-9-11-13-15-17-19-21-23-25-27-29-31-37-47(61)64-53-45(57)39-43-51(49(53)59)66-52-44(56(43)42-36-34-33-35-41(42)55(63)67-56)40-46(58)54(50(52)60)65-48(62)38-32-30-28-26-24-22-20-18-16-14-12-10-8-6-4-2/h33-36,39-40H,3-32,37-38H2,1-2H3. The molecule has 0 amide bonds. The number of hydrogen-bond donors (Lipinski definition) is 0. The first-order chi connectivity index (χ1) is 32.6. The highest BCUT2D eigenvalue weighted by molar-refractivity contribution is 14.1. The molecule has 1 spiro atoms. The second kappa shape index (κ2) is 31.3. The van der Waals surface area contributed by atoms with Crippen LogP contribution in [-0.2, 0) is 19.9 Å². The van der Waals surface area contributed by atoms with Crippen LogP contribution in [0, 0.1) is 14.3 Å². The summed E-state index contributed by atoms with van der Waals surface area (Å²) in [5, 5.41) is 0. The number of fused-ring (bicyclic) bond motifs is 6. The van der Waals surface area contributed by atoms with Gasteiger partial charge < -0.3 is 18.9 Å². The Hall–Kier alpha value is -1.21. The predicted octanol–water partition coefficient (Wildman–Crippen LogP) is 19.0. The van der Waals surface area contributed by atoms with E-state index in [4.69, 9.17) is 18.9 Å². The third-order valence-electron chi connectivity index (χ3n) is 13.4. The number of carbonyl (C=O) groups excluding carboxylic acids is 3. The molecule has 0 aromatic heterocycles. The summed E-state index contributed by atoms with van der Waals surface area (Å²) < 4.78 is 28.2. The molecule has 0 aliphatic carbocycles. The van der Waals surface area contributed by atoms with Crippen molar-refractivity contribution in [3.63, 3.8) is 0 Å². The molecule has 0 N–H and O–H groups in total. The van der Waals surface area contributed by atoms with Gasteiger partial charge in [0.05, 0.1) is 23.8 Å². The molecule has 2 aliphatic rings. The van der Waals surface area contributed by atoms with Crippen LogP contribution in [0.3, 0.4) is 0 Å². The Kier molecular flexibility index (Phi) is 26.5. The summed E-state index contributed by atoms with van der Waals surface area (Å²) in [5.74, 6) is 0.768. The summed E-state index contributed by atoms with van der Waals surface area (Å²) in [6.07, 6.45) is 38.6. The van der Waals surface area contributed by atoms with Crippen molar-refractivity contribution in [1.82, 2.24) is 0 Å². The lowest BCUT2D eigenvalue weighted by Crippen LogP contribution is -2.34. The van der Waals surface area contributed by atoms with Gasteiger partial charge in [0.2, 0.25) is 0 Å². The van der Waals surface area contributed by atoms with Crippen LogP contribution in [-0.4, -0.2) is 17.9 Å². The summed E-state index contributed by atoms with van der Waals surface area (Å²) in [7, 11) is 0. The largest absolute Gasteiger partial charge is 0.454 e. The number of rotatable bonds is 34. The van der Waals surface area contributed by atoms with E-state index in [1.807, 2.05) is 30.3 Å². The molecule has 67 heavy (non-hydrogen) atoms. The van der Waals surface area contributed by atoms with Crippen molar-refractivity contribution in [2.75, 3.05) is 0 Å². The summed E-state index contributed by atoms with van der Waals surface area (Å²) in [5.41, 5.74) is 1.16. The van der Waals surface area contributed by atoms with Crippen molar-refractivity contribution < 1.29 is 33.3 Å². The monoisotopic (exact) mass is 1370 g/mol. The molecule has 3 aromatic rings. The third kappa shape index (κ3) is 16.9. The Balaban J connectivity index is 1.15. The number of halogens is 4. The quantitative estimate of drug-likeness (QED) is 0.0255. The minimum absolute atomic E-state index is 0.276. The van der Waals surface area contributed by atoms with Gasteiger partial charge >= 0.3 is 17.9 Å². The fourth-order valence-corrected chi connectivity index (χ4v) is 13.6. The number of hydrogen-bond acceptors (Lipinski definition) is 7. The van der Waals surface area contributed by atoms with Crippen molar-refractivity contribution in [1.29, 1.82) is 0 Å². The van der Waals surface area contributed by atoms with Crippen LogP contribution in [0.2, 0.25) is 0 Å². The van der Waals surface area contributed by atoms with E-state index in [1.165, 1.54) is 154 Å². The molecule has 0 saturated carbocycles. The predicted molar refractivity (Wildman–Crippen MR) is 306 cm³/mol. The normalized spacial score (nSPS) is 13.3.